The Bertz CT molecular complexity index is 161. The normalized spacial score (nSPS) is 13.4. The summed E-state index contributed by atoms with van der Waals surface area (Å²) in [6.07, 6.45) is 9.12. The van der Waals surface area contributed by atoms with Crippen LogP contribution in [0, 0.1) is 5.92 Å². The number of hydrogen-bond acceptors (Lipinski definition) is 1. The number of carboxylic acid groups (broad SMARTS) is 1. The zero-order valence-corrected chi connectivity index (χ0v) is 8.62. The number of hydrogen-bond donors (Lipinski definition) is 1. The van der Waals surface area contributed by atoms with Crippen molar-refractivity contribution in [1.82, 2.24) is 0 Å². The van der Waals surface area contributed by atoms with Gasteiger partial charge in [0.2, 0.25) is 0 Å². The summed E-state index contributed by atoms with van der Waals surface area (Å²) in [5.74, 6) is -1.00. The van der Waals surface area contributed by atoms with Gasteiger partial charge < -0.3 is 5.11 Å². The van der Waals surface area contributed by atoms with Crippen molar-refractivity contribution in [2.24, 2.45) is 5.92 Å². The van der Waals surface area contributed by atoms with Crippen LogP contribution in [0.3, 0.4) is 0 Å². The van der Waals surface area contributed by atoms with E-state index in [4.69, 9.17) is 5.11 Å². The molecule has 0 fully saturated rings. The molecule has 0 aliphatic carbocycles. The standard InChI is InChI=1S/C11H20O2/c1-3-5-6-7-8-9-10(4-2)11(12)13/h8-10H,3-7H2,1-2H3,(H,12,13)/b9-8-. The van der Waals surface area contributed by atoms with E-state index in [2.05, 4.69) is 6.92 Å². The van der Waals surface area contributed by atoms with Crippen LogP contribution in [0.25, 0.3) is 0 Å². The second-order valence-electron chi connectivity index (χ2n) is 3.28. The molecule has 13 heavy (non-hydrogen) atoms. The van der Waals surface area contributed by atoms with Crippen molar-refractivity contribution in [2.45, 2.75) is 46.0 Å². The van der Waals surface area contributed by atoms with Crippen LogP contribution < -0.4 is 0 Å². The smallest absolute Gasteiger partial charge is 0.310 e. The average molecular weight is 184 g/mol. The third-order valence-corrected chi connectivity index (χ3v) is 2.10. The molecule has 0 aromatic carbocycles. The minimum Gasteiger partial charge on any atom is -0.481 e. The Morgan fingerprint density at radius 1 is 1.38 bits per heavy atom. The lowest BCUT2D eigenvalue weighted by Crippen LogP contribution is -2.08. The number of rotatable bonds is 7. The van der Waals surface area contributed by atoms with Crippen LogP contribution in [-0.4, -0.2) is 11.1 Å². The highest BCUT2D eigenvalue weighted by molar-refractivity contribution is 5.71. The molecule has 1 atom stereocenters. The summed E-state index contributed by atoms with van der Waals surface area (Å²) in [6, 6.07) is 0. The Morgan fingerprint density at radius 3 is 2.54 bits per heavy atom. The molecule has 0 rings (SSSR count). The fourth-order valence-corrected chi connectivity index (χ4v) is 1.17. The Labute approximate surface area is 80.7 Å². The molecule has 1 N–H and O–H groups in total. The van der Waals surface area contributed by atoms with Crippen LogP contribution in [0.2, 0.25) is 0 Å². The maximum atomic E-state index is 10.6. The maximum absolute atomic E-state index is 10.6. The van der Waals surface area contributed by atoms with Crippen molar-refractivity contribution >= 4 is 5.97 Å². The van der Waals surface area contributed by atoms with E-state index in [1.165, 1.54) is 19.3 Å². The topological polar surface area (TPSA) is 37.3 Å². The van der Waals surface area contributed by atoms with Gasteiger partial charge in [0.25, 0.3) is 0 Å². The molecule has 1 unspecified atom stereocenters. The fourth-order valence-electron chi connectivity index (χ4n) is 1.17. The molecule has 0 spiro atoms. The number of carbonyl (C=O) groups is 1. The molecule has 0 heterocycles. The van der Waals surface area contributed by atoms with E-state index in [9.17, 15) is 4.79 Å². The van der Waals surface area contributed by atoms with Crippen LogP contribution in [0.4, 0.5) is 0 Å². The Balaban J connectivity index is 3.61. The molecule has 0 amide bonds. The number of unbranched alkanes of at least 4 members (excludes halogenated alkanes) is 3. The Morgan fingerprint density at radius 2 is 2.08 bits per heavy atom. The quantitative estimate of drug-likeness (QED) is 0.487. The summed E-state index contributed by atoms with van der Waals surface area (Å²) in [7, 11) is 0. The summed E-state index contributed by atoms with van der Waals surface area (Å²) >= 11 is 0. The van der Waals surface area contributed by atoms with E-state index < -0.39 is 5.97 Å². The molecule has 0 bridgehead atoms. The SMILES string of the molecule is CCCCC/C=C\C(CC)C(=O)O. The van der Waals surface area contributed by atoms with Crippen molar-refractivity contribution < 1.29 is 9.90 Å². The van der Waals surface area contributed by atoms with Crippen LogP contribution in [0.5, 0.6) is 0 Å². The van der Waals surface area contributed by atoms with Crippen molar-refractivity contribution in [3.8, 4) is 0 Å². The largest absolute Gasteiger partial charge is 0.481 e. The van der Waals surface area contributed by atoms with E-state index in [1.807, 2.05) is 19.1 Å². The molecule has 2 heteroatoms. The lowest BCUT2D eigenvalue weighted by molar-refractivity contribution is -0.140. The third-order valence-electron chi connectivity index (χ3n) is 2.10. The average Bonchev–Trinajstić information content (AvgIpc) is 2.10. The van der Waals surface area contributed by atoms with Gasteiger partial charge in [0.05, 0.1) is 5.92 Å². The number of allylic oxidation sites excluding steroid dienone is 1. The van der Waals surface area contributed by atoms with E-state index >= 15 is 0 Å². The molecular weight excluding hydrogens is 164 g/mol. The van der Waals surface area contributed by atoms with Crippen molar-refractivity contribution in [3.63, 3.8) is 0 Å². The molecule has 0 saturated carbocycles. The summed E-state index contributed by atoms with van der Waals surface area (Å²) in [5, 5.41) is 8.72. The van der Waals surface area contributed by atoms with Gasteiger partial charge in [0.1, 0.15) is 0 Å². The molecule has 2 nitrogen and oxygen atoms in total. The third kappa shape index (κ3) is 6.38. The summed E-state index contributed by atoms with van der Waals surface area (Å²) < 4.78 is 0. The van der Waals surface area contributed by atoms with Gasteiger partial charge in [-0.2, -0.15) is 0 Å². The van der Waals surface area contributed by atoms with Gasteiger partial charge in [-0.1, -0.05) is 38.8 Å². The maximum Gasteiger partial charge on any atom is 0.310 e. The van der Waals surface area contributed by atoms with Gasteiger partial charge in [-0.05, 0) is 19.3 Å². The molecule has 76 valence electrons. The minimum absolute atomic E-state index is 0.290. The molecule has 0 radical (unpaired) electrons. The van der Waals surface area contributed by atoms with Gasteiger partial charge in [0.15, 0.2) is 0 Å². The fraction of sp³-hybridized carbons (Fsp3) is 0.727. The molecule has 0 aromatic heterocycles. The monoisotopic (exact) mass is 184 g/mol. The summed E-state index contributed by atoms with van der Waals surface area (Å²) in [6.45, 7) is 4.06. The Kier molecular flexibility index (Phi) is 7.36. The second-order valence-corrected chi connectivity index (χ2v) is 3.28. The molecule has 0 aliphatic heterocycles. The van der Waals surface area contributed by atoms with Gasteiger partial charge >= 0.3 is 5.97 Å². The summed E-state index contributed by atoms with van der Waals surface area (Å²) in [4.78, 5) is 10.6. The van der Waals surface area contributed by atoms with Crippen LogP contribution >= 0.6 is 0 Å². The van der Waals surface area contributed by atoms with Gasteiger partial charge in [0, 0.05) is 0 Å². The van der Waals surface area contributed by atoms with Crippen molar-refractivity contribution in [2.75, 3.05) is 0 Å². The molecular formula is C11H20O2. The first-order valence-corrected chi connectivity index (χ1v) is 5.11. The molecule has 0 aromatic rings. The number of aliphatic carboxylic acids is 1. The van der Waals surface area contributed by atoms with E-state index in [0.29, 0.717) is 6.42 Å². The van der Waals surface area contributed by atoms with Gasteiger partial charge in [-0.3, -0.25) is 4.79 Å². The lowest BCUT2D eigenvalue weighted by atomic mass is 10.1. The predicted molar refractivity (Wildman–Crippen MR) is 54.7 cm³/mol. The lowest BCUT2D eigenvalue weighted by Gasteiger charge is -2.01. The van der Waals surface area contributed by atoms with Crippen LogP contribution in [0.15, 0.2) is 12.2 Å². The molecule has 0 saturated heterocycles. The predicted octanol–water partition coefficient (Wildman–Crippen LogP) is 3.23. The van der Waals surface area contributed by atoms with Crippen molar-refractivity contribution in [1.29, 1.82) is 0 Å². The first kappa shape index (κ1) is 12.2. The van der Waals surface area contributed by atoms with E-state index in [0.717, 1.165) is 6.42 Å². The first-order chi connectivity index (χ1) is 6.22. The van der Waals surface area contributed by atoms with E-state index in [1.54, 1.807) is 0 Å². The molecule has 0 aliphatic rings. The van der Waals surface area contributed by atoms with E-state index in [-0.39, 0.29) is 5.92 Å². The first-order valence-electron chi connectivity index (χ1n) is 5.11. The minimum atomic E-state index is -0.714. The number of carboxylic acids is 1. The Hall–Kier alpha value is -0.790. The highest BCUT2D eigenvalue weighted by Gasteiger charge is 2.09. The highest BCUT2D eigenvalue weighted by Crippen LogP contribution is 2.07. The second kappa shape index (κ2) is 7.84. The van der Waals surface area contributed by atoms with Crippen LogP contribution in [0.1, 0.15) is 46.0 Å². The van der Waals surface area contributed by atoms with Gasteiger partial charge in [-0.15, -0.1) is 0 Å². The summed E-state index contributed by atoms with van der Waals surface area (Å²) in [5.41, 5.74) is 0. The van der Waals surface area contributed by atoms with Crippen LogP contribution in [-0.2, 0) is 4.79 Å². The van der Waals surface area contributed by atoms with Crippen molar-refractivity contribution in [3.05, 3.63) is 12.2 Å². The zero-order valence-electron chi connectivity index (χ0n) is 8.62. The van der Waals surface area contributed by atoms with Gasteiger partial charge in [-0.25, -0.2) is 0 Å². The zero-order chi connectivity index (χ0) is 10.1. The highest BCUT2D eigenvalue weighted by atomic mass is 16.4.